The van der Waals surface area contributed by atoms with Crippen molar-refractivity contribution in [2.75, 3.05) is 0 Å². The Hall–Kier alpha value is -2.16. The standard InChI is InChI=1S/C13H10N2O/c1-9(16)15-7-6-12-13(15)8-10-4-2-3-5-11(10)14-12/h2-8H,1H3. The number of benzene rings is 1. The normalized spacial score (nSPS) is 11.1. The van der Waals surface area contributed by atoms with Gasteiger partial charge >= 0.3 is 0 Å². The van der Waals surface area contributed by atoms with Crippen molar-refractivity contribution in [3.8, 4) is 0 Å². The van der Waals surface area contributed by atoms with E-state index < -0.39 is 0 Å². The molecule has 0 aliphatic carbocycles. The monoisotopic (exact) mass is 210 g/mol. The second-order valence-electron chi connectivity index (χ2n) is 3.79. The van der Waals surface area contributed by atoms with Crippen LogP contribution in [0, 0.1) is 0 Å². The van der Waals surface area contributed by atoms with Gasteiger partial charge in [-0.3, -0.25) is 9.36 Å². The van der Waals surface area contributed by atoms with E-state index in [4.69, 9.17) is 0 Å². The first-order valence-electron chi connectivity index (χ1n) is 5.13. The summed E-state index contributed by atoms with van der Waals surface area (Å²) in [5.41, 5.74) is 2.68. The molecule has 16 heavy (non-hydrogen) atoms. The molecular weight excluding hydrogens is 200 g/mol. The molecule has 0 spiro atoms. The zero-order valence-corrected chi connectivity index (χ0v) is 8.84. The van der Waals surface area contributed by atoms with E-state index in [0.29, 0.717) is 0 Å². The third-order valence-electron chi connectivity index (χ3n) is 2.71. The zero-order chi connectivity index (χ0) is 11.1. The number of aromatic nitrogens is 2. The molecule has 0 N–H and O–H groups in total. The Bertz CT molecular complexity index is 697. The first-order valence-corrected chi connectivity index (χ1v) is 5.13. The number of para-hydroxylation sites is 1. The topological polar surface area (TPSA) is 34.9 Å². The number of carbonyl (C=O) groups is 1. The van der Waals surface area contributed by atoms with Gasteiger partial charge in [-0.25, -0.2) is 4.98 Å². The number of hydrogen-bond donors (Lipinski definition) is 0. The molecule has 1 aromatic carbocycles. The highest BCUT2D eigenvalue weighted by Gasteiger charge is 2.06. The predicted molar refractivity (Wildman–Crippen MR) is 63.5 cm³/mol. The van der Waals surface area contributed by atoms with Gasteiger partial charge in [0.2, 0.25) is 5.91 Å². The molecule has 78 valence electrons. The number of fused-ring (bicyclic) bond motifs is 2. The van der Waals surface area contributed by atoms with Crippen LogP contribution in [-0.2, 0) is 0 Å². The molecular formula is C13H10N2O. The Kier molecular flexibility index (Phi) is 1.80. The lowest BCUT2D eigenvalue weighted by molar-refractivity contribution is 0.0941. The van der Waals surface area contributed by atoms with Crippen molar-refractivity contribution in [3.63, 3.8) is 0 Å². The molecule has 3 aromatic rings. The lowest BCUT2D eigenvalue weighted by Crippen LogP contribution is -2.02. The molecule has 0 saturated heterocycles. The average molecular weight is 210 g/mol. The maximum absolute atomic E-state index is 11.4. The molecule has 0 fully saturated rings. The van der Waals surface area contributed by atoms with E-state index in [1.54, 1.807) is 17.7 Å². The van der Waals surface area contributed by atoms with Gasteiger partial charge in [0.05, 0.1) is 16.6 Å². The quantitative estimate of drug-likeness (QED) is 0.571. The third kappa shape index (κ3) is 1.21. The summed E-state index contributed by atoms with van der Waals surface area (Å²) in [6, 6.07) is 11.8. The molecule has 2 aromatic heterocycles. The second-order valence-corrected chi connectivity index (χ2v) is 3.79. The molecule has 0 unspecified atom stereocenters. The van der Waals surface area contributed by atoms with Crippen LogP contribution in [0.15, 0.2) is 42.6 Å². The van der Waals surface area contributed by atoms with Crippen LogP contribution in [0.4, 0.5) is 0 Å². The molecule has 3 nitrogen and oxygen atoms in total. The summed E-state index contributed by atoms with van der Waals surface area (Å²) in [6.45, 7) is 1.55. The van der Waals surface area contributed by atoms with Crippen LogP contribution in [0.3, 0.4) is 0 Å². The largest absolute Gasteiger partial charge is 0.286 e. The van der Waals surface area contributed by atoms with Crippen molar-refractivity contribution in [3.05, 3.63) is 42.6 Å². The number of carbonyl (C=O) groups excluding carboxylic acids is 1. The van der Waals surface area contributed by atoms with Crippen LogP contribution in [0.25, 0.3) is 21.9 Å². The number of pyridine rings is 1. The van der Waals surface area contributed by atoms with Gasteiger partial charge < -0.3 is 0 Å². The summed E-state index contributed by atoms with van der Waals surface area (Å²) in [5, 5.41) is 1.05. The molecule has 3 heteroatoms. The minimum absolute atomic E-state index is 0.00656. The van der Waals surface area contributed by atoms with Crippen molar-refractivity contribution < 1.29 is 4.79 Å². The zero-order valence-electron chi connectivity index (χ0n) is 8.84. The minimum Gasteiger partial charge on any atom is -0.286 e. The summed E-state index contributed by atoms with van der Waals surface area (Å²) < 4.78 is 1.62. The van der Waals surface area contributed by atoms with E-state index in [9.17, 15) is 4.79 Å². The van der Waals surface area contributed by atoms with E-state index in [-0.39, 0.29) is 5.91 Å². The van der Waals surface area contributed by atoms with Crippen LogP contribution in [0.5, 0.6) is 0 Å². The smallest absolute Gasteiger partial charge is 0.227 e. The van der Waals surface area contributed by atoms with E-state index in [1.165, 1.54) is 0 Å². The van der Waals surface area contributed by atoms with Gasteiger partial charge in [0.25, 0.3) is 0 Å². The fourth-order valence-electron chi connectivity index (χ4n) is 1.94. The molecule has 0 aliphatic rings. The van der Waals surface area contributed by atoms with Gasteiger partial charge in [-0.2, -0.15) is 0 Å². The van der Waals surface area contributed by atoms with Crippen molar-refractivity contribution in [1.82, 2.24) is 9.55 Å². The van der Waals surface area contributed by atoms with Crippen LogP contribution >= 0.6 is 0 Å². The van der Waals surface area contributed by atoms with Gasteiger partial charge in [0.15, 0.2) is 0 Å². The highest BCUT2D eigenvalue weighted by atomic mass is 16.1. The predicted octanol–water partition coefficient (Wildman–Crippen LogP) is 2.85. The molecule has 0 bridgehead atoms. The average Bonchev–Trinajstić information content (AvgIpc) is 2.68. The van der Waals surface area contributed by atoms with E-state index >= 15 is 0 Å². The van der Waals surface area contributed by atoms with Crippen LogP contribution < -0.4 is 0 Å². The number of hydrogen-bond acceptors (Lipinski definition) is 2. The third-order valence-corrected chi connectivity index (χ3v) is 2.71. The summed E-state index contributed by atoms with van der Waals surface area (Å²) in [6.07, 6.45) is 1.76. The summed E-state index contributed by atoms with van der Waals surface area (Å²) in [4.78, 5) is 15.9. The van der Waals surface area contributed by atoms with E-state index in [1.807, 2.05) is 36.4 Å². The molecule has 2 heterocycles. The molecule has 0 radical (unpaired) electrons. The Balaban J connectivity index is 2.45. The van der Waals surface area contributed by atoms with Gasteiger partial charge in [0.1, 0.15) is 0 Å². The van der Waals surface area contributed by atoms with Crippen molar-refractivity contribution >= 4 is 27.8 Å². The van der Waals surface area contributed by atoms with Gasteiger partial charge in [-0.05, 0) is 18.2 Å². The maximum atomic E-state index is 11.4. The lowest BCUT2D eigenvalue weighted by Gasteiger charge is -2.01. The van der Waals surface area contributed by atoms with Crippen molar-refractivity contribution in [1.29, 1.82) is 0 Å². The number of nitrogens with zero attached hydrogens (tertiary/aromatic N) is 2. The van der Waals surface area contributed by atoms with Gasteiger partial charge in [-0.1, -0.05) is 18.2 Å². The highest BCUT2D eigenvalue weighted by molar-refractivity contribution is 5.96. The molecule has 3 rings (SSSR count). The summed E-state index contributed by atoms with van der Waals surface area (Å²) in [5.74, 6) is 0.00656. The molecule has 0 aliphatic heterocycles. The first-order chi connectivity index (χ1) is 7.75. The van der Waals surface area contributed by atoms with Crippen LogP contribution in [-0.4, -0.2) is 15.5 Å². The summed E-state index contributed by atoms with van der Waals surface area (Å²) in [7, 11) is 0. The Morgan fingerprint density at radius 3 is 2.81 bits per heavy atom. The Labute approximate surface area is 92.3 Å². The maximum Gasteiger partial charge on any atom is 0.227 e. The number of rotatable bonds is 0. The molecule has 0 saturated carbocycles. The van der Waals surface area contributed by atoms with E-state index in [2.05, 4.69) is 4.98 Å². The Morgan fingerprint density at radius 1 is 1.19 bits per heavy atom. The Morgan fingerprint density at radius 2 is 2.00 bits per heavy atom. The fraction of sp³-hybridized carbons (Fsp3) is 0.0769. The summed E-state index contributed by atoms with van der Waals surface area (Å²) >= 11 is 0. The van der Waals surface area contributed by atoms with Crippen LogP contribution in [0.1, 0.15) is 11.7 Å². The SMILES string of the molecule is CC(=O)n1ccc2nc3ccccc3cc21. The first kappa shape index (κ1) is 9.09. The van der Waals surface area contributed by atoms with Crippen molar-refractivity contribution in [2.24, 2.45) is 0 Å². The fourth-order valence-corrected chi connectivity index (χ4v) is 1.94. The van der Waals surface area contributed by atoms with E-state index in [0.717, 1.165) is 21.9 Å². The second kappa shape index (κ2) is 3.17. The molecule has 0 amide bonds. The highest BCUT2D eigenvalue weighted by Crippen LogP contribution is 2.20. The lowest BCUT2D eigenvalue weighted by atomic mass is 10.2. The van der Waals surface area contributed by atoms with Gasteiger partial charge in [0, 0.05) is 18.5 Å². The van der Waals surface area contributed by atoms with Gasteiger partial charge in [-0.15, -0.1) is 0 Å². The van der Waals surface area contributed by atoms with Crippen molar-refractivity contribution in [2.45, 2.75) is 6.92 Å². The minimum atomic E-state index is 0.00656. The molecule has 0 atom stereocenters. The van der Waals surface area contributed by atoms with Crippen LogP contribution in [0.2, 0.25) is 0 Å².